The highest BCUT2D eigenvalue weighted by atomic mass is 15.0. The SMILES string of the molecule is c1ccc(-c2ccc(Cn3cnc4ccc(-c5nc6ccccc6[nH]5)cc43)cc2)cc1. The second-order valence-corrected chi connectivity index (χ2v) is 7.74. The van der Waals surface area contributed by atoms with Gasteiger partial charge in [0.05, 0.1) is 28.4 Å². The van der Waals surface area contributed by atoms with E-state index in [1.807, 2.05) is 36.7 Å². The first-order valence-corrected chi connectivity index (χ1v) is 10.4. The van der Waals surface area contributed by atoms with Crippen molar-refractivity contribution in [3.05, 3.63) is 109 Å². The van der Waals surface area contributed by atoms with Gasteiger partial charge in [-0.3, -0.25) is 0 Å². The van der Waals surface area contributed by atoms with Crippen LogP contribution in [0.2, 0.25) is 0 Å². The highest BCUT2D eigenvalue weighted by Gasteiger charge is 2.09. The van der Waals surface area contributed by atoms with E-state index in [2.05, 4.69) is 81.3 Å². The molecule has 4 aromatic carbocycles. The molecule has 2 aromatic heterocycles. The average Bonchev–Trinajstić information content (AvgIpc) is 3.44. The maximum Gasteiger partial charge on any atom is 0.138 e. The second kappa shape index (κ2) is 7.26. The zero-order chi connectivity index (χ0) is 20.6. The molecule has 0 spiro atoms. The van der Waals surface area contributed by atoms with Crippen LogP contribution in [0.25, 0.3) is 44.6 Å². The molecule has 0 aliphatic rings. The normalized spacial score (nSPS) is 11.4. The van der Waals surface area contributed by atoms with Crippen molar-refractivity contribution in [1.82, 2.24) is 19.5 Å². The zero-order valence-corrected chi connectivity index (χ0v) is 16.9. The highest BCUT2D eigenvalue weighted by Crippen LogP contribution is 2.25. The van der Waals surface area contributed by atoms with Gasteiger partial charge < -0.3 is 9.55 Å². The monoisotopic (exact) mass is 400 g/mol. The summed E-state index contributed by atoms with van der Waals surface area (Å²) in [5, 5.41) is 0. The Kier molecular flexibility index (Phi) is 4.13. The molecule has 6 rings (SSSR count). The van der Waals surface area contributed by atoms with Crippen LogP contribution in [0, 0.1) is 0 Å². The molecular formula is C27H20N4. The summed E-state index contributed by atoms with van der Waals surface area (Å²) in [7, 11) is 0. The number of aromatic amines is 1. The third kappa shape index (κ3) is 3.28. The molecule has 6 aromatic rings. The van der Waals surface area contributed by atoms with Gasteiger partial charge in [-0.15, -0.1) is 0 Å². The number of rotatable bonds is 4. The molecule has 2 heterocycles. The van der Waals surface area contributed by atoms with E-state index in [4.69, 9.17) is 4.98 Å². The van der Waals surface area contributed by atoms with Crippen molar-refractivity contribution < 1.29 is 0 Å². The number of fused-ring (bicyclic) bond motifs is 2. The number of imidazole rings is 2. The Labute approximate surface area is 179 Å². The van der Waals surface area contributed by atoms with Gasteiger partial charge in [-0.25, -0.2) is 9.97 Å². The third-order valence-corrected chi connectivity index (χ3v) is 5.70. The summed E-state index contributed by atoms with van der Waals surface area (Å²) in [4.78, 5) is 12.7. The van der Waals surface area contributed by atoms with Gasteiger partial charge in [-0.05, 0) is 47.0 Å². The average molecular weight is 400 g/mol. The van der Waals surface area contributed by atoms with Crippen LogP contribution in [0.4, 0.5) is 0 Å². The zero-order valence-electron chi connectivity index (χ0n) is 16.9. The summed E-state index contributed by atoms with van der Waals surface area (Å²) < 4.78 is 2.19. The number of benzene rings is 4. The number of nitrogens with one attached hydrogen (secondary N) is 1. The summed E-state index contributed by atoms with van der Waals surface area (Å²) >= 11 is 0. The van der Waals surface area contributed by atoms with Crippen LogP contribution < -0.4 is 0 Å². The minimum atomic E-state index is 0.773. The molecule has 1 N–H and O–H groups in total. The predicted molar refractivity (Wildman–Crippen MR) is 126 cm³/mol. The second-order valence-electron chi connectivity index (χ2n) is 7.74. The van der Waals surface area contributed by atoms with Gasteiger partial charge in [0.15, 0.2) is 0 Å². The minimum Gasteiger partial charge on any atom is -0.338 e. The quantitative estimate of drug-likeness (QED) is 0.378. The molecule has 0 unspecified atom stereocenters. The van der Waals surface area contributed by atoms with Crippen LogP contribution in [-0.4, -0.2) is 19.5 Å². The summed E-state index contributed by atoms with van der Waals surface area (Å²) in [6.07, 6.45) is 1.91. The fourth-order valence-corrected chi connectivity index (χ4v) is 4.05. The highest BCUT2D eigenvalue weighted by molar-refractivity contribution is 5.84. The Morgan fingerprint density at radius 2 is 1.42 bits per heavy atom. The van der Waals surface area contributed by atoms with Gasteiger partial charge in [0.2, 0.25) is 0 Å². The van der Waals surface area contributed by atoms with Crippen LogP contribution >= 0.6 is 0 Å². The summed E-state index contributed by atoms with van der Waals surface area (Å²) in [5.74, 6) is 0.878. The van der Waals surface area contributed by atoms with Crippen molar-refractivity contribution in [2.45, 2.75) is 6.54 Å². The Morgan fingerprint density at radius 3 is 2.26 bits per heavy atom. The third-order valence-electron chi connectivity index (χ3n) is 5.70. The number of nitrogens with zero attached hydrogens (tertiary/aromatic N) is 3. The van der Waals surface area contributed by atoms with E-state index in [-0.39, 0.29) is 0 Å². The Hall–Kier alpha value is -4.18. The topological polar surface area (TPSA) is 46.5 Å². The molecule has 0 saturated carbocycles. The summed E-state index contributed by atoms with van der Waals surface area (Å²) in [6, 6.07) is 33.6. The van der Waals surface area contributed by atoms with Gasteiger partial charge in [0.1, 0.15) is 5.82 Å². The Morgan fingerprint density at radius 1 is 0.677 bits per heavy atom. The number of hydrogen-bond donors (Lipinski definition) is 1. The van der Waals surface area contributed by atoms with Crippen LogP contribution in [0.3, 0.4) is 0 Å². The van der Waals surface area contributed by atoms with Gasteiger partial charge in [-0.2, -0.15) is 0 Å². The van der Waals surface area contributed by atoms with Crippen molar-refractivity contribution in [2.24, 2.45) is 0 Å². The standard InChI is InChI=1S/C27H20N4/c1-2-6-20(7-3-1)21-12-10-19(11-13-21)17-31-18-28-25-15-14-22(16-26(25)31)27-29-23-8-4-5-9-24(23)30-27/h1-16,18H,17H2,(H,29,30). The number of hydrogen-bond acceptors (Lipinski definition) is 2. The first kappa shape index (κ1) is 17.7. The van der Waals surface area contributed by atoms with Gasteiger partial charge in [0.25, 0.3) is 0 Å². The number of aromatic nitrogens is 4. The van der Waals surface area contributed by atoms with E-state index in [0.717, 1.165) is 40.0 Å². The minimum absolute atomic E-state index is 0.773. The fourth-order valence-electron chi connectivity index (χ4n) is 4.05. The van der Waals surface area contributed by atoms with Crippen molar-refractivity contribution in [2.75, 3.05) is 0 Å². The lowest BCUT2D eigenvalue weighted by atomic mass is 10.0. The van der Waals surface area contributed by atoms with Gasteiger partial charge in [-0.1, -0.05) is 66.7 Å². The van der Waals surface area contributed by atoms with Crippen LogP contribution in [0.5, 0.6) is 0 Å². The molecule has 4 nitrogen and oxygen atoms in total. The van der Waals surface area contributed by atoms with Crippen LogP contribution in [0.15, 0.2) is 103 Å². The van der Waals surface area contributed by atoms with Crippen LogP contribution in [-0.2, 0) is 6.54 Å². The number of para-hydroxylation sites is 2. The molecule has 0 atom stereocenters. The maximum absolute atomic E-state index is 4.74. The van der Waals surface area contributed by atoms with E-state index in [0.29, 0.717) is 0 Å². The lowest BCUT2D eigenvalue weighted by Crippen LogP contribution is -1.98. The smallest absolute Gasteiger partial charge is 0.138 e. The molecule has 0 saturated heterocycles. The predicted octanol–water partition coefficient (Wildman–Crippen LogP) is 6.29. The van der Waals surface area contributed by atoms with Crippen molar-refractivity contribution in [3.8, 4) is 22.5 Å². The van der Waals surface area contributed by atoms with E-state index in [1.165, 1.54) is 16.7 Å². The summed E-state index contributed by atoms with van der Waals surface area (Å²) in [6.45, 7) is 0.773. The molecule has 0 radical (unpaired) electrons. The van der Waals surface area contributed by atoms with Gasteiger partial charge >= 0.3 is 0 Å². The first-order chi connectivity index (χ1) is 15.3. The Bertz CT molecular complexity index is 1460. The van der Waals surface area contributed by atoms with Crippen LogP contribution in [0.1, 0.15) is 5.56 Å². The molecule has 0 bridgehead atoms. The molecule has 0 fully saturated rings. The van der Waals surface area contributed by atoms with E-state index in [9.17, 15) is 0 Å². The number of H-pyrrole nitrogens is 1. The Balaban J connectivity index is 1.32. The fraction of sp³-hybridized carbons (Fsp3) is 0.0370. The van der Waals surface area contributed by atoms with Crippen molar-refractivity contribution >= 4 is 22.1 Å². The van der Waals surface area contributed by atoms with E-state index >= 15 is 0 Å². The molecule has 31 heavy (non-hydrogen) atoms. The lowest BCUT2D eigenvalue weighted by molar-refractivity contribution is 0.825. The molecule has 4 heteroatoms. The lowest BCUT2D eigenvalue weighted by Gasteiger charge is -2.07. The molecular weight excluding hydrogens is 380 g/mol. The first-order valence-electron chi connectivity index (χ1n) is 10.4. The molecule has 0 aliphatic carbocycles. The molecule has 0 aliphatic heterocycles. The van der Waals surface area contributed by atoms with E-state index in [1.54, 1.807) is 0 Å². The molecule has 0 amide bonds. The van der Waals surface area contributed by atoms with Crippen molar-refractivity contribution in [1.29, 1.82) is 0 Å². The largest absolute Gasteiger partial charge is 0.338 e. The van der Waals surface area contributed by atoms with E-state index < -0.39 is 0 Å². The van der Waals surface area contributed by atoms with Crippen molar-refractivity contribution in [3.63, 3.8) is 0 Å². The summed E-state index contributed by atoms with van der Waals surface area (Å²) in [5.41, 5.74) is 8.88. The van der Waals surface area contributed by atoms with Gasteiger partial charge in [0, 0.05) is 12.1 Å². The molecule has 148 valence electrons. The maximum atomic E-state index is 4.74.